The Kier molecular flexibility index (Phi) is 4.07. The van der Waals surface area contributed by atoms with E-state index in [1.165, 1.54) is 0 Å². The SMILES string of the molecule is O=C(Cl)c1ccc(Br)cc1[Se]Cl. The second-order valence-electron chi connectivity index (χ2n) is 1.99. The van der Waals surface area contributed by atoms with Gasteiger partial charge in [0.2, 0.25) is 0 Å². The van der Waals surface area contributed by atoms with Crippen LogP contribution in [0.25, 0.3) is 0 Å². The number of carbonyl (C=O) groups is 1. The first-order chi connectivity index (χ1) is 5.65. The Morgan fingerprint density at radius 2 is 2.17 bits per heavy atom. The van der Waals surface area contributed by atoms with Crippen LogP contribution in [-0.2, 0) is 0 Å². The van der Waals surface area contributed by atoms with E-state index in [9.17, 15) is 4.79 Å². The van der Waals surface area contributed by atoms with Gasteiger partial charge in [0, 0.05) is 0 Å². The van der Waals surface area contributed by atoms with Crippen LogP contribution in [0.5, 0.6) is 0 Å². The molecule has 5 heteroatoms. The number of hydrogen-bond donors (Lipinski definition) is 0. The Labute approximate surface area is 93.9 Å². The van der Waals surface area contributed by atoms with Gasteiger partial charge < -0.3 is 0 Å². The molecule has 0 saturated carbocycles. The van der Waals surface area contributed by atoms with Crippen LogP contribution in [0.15, 0.2) is 22.7 Å². The zero-order valence-corrected chi connectivity index (χ0v) is 10.5. The number of carbonyl (C=O) groups excluding carboxylic acids is 1. The molecule has 0 atom stereocenters. The third kappa shape index (κ3) is 2.48. The molecule has 1 rings (SSSR count). The molecule has 0 aliphatic rings. The van der Waals surface area contributed by atoms with Gasteiger partial charge in [0.1, 0.15) is 0 Å². The van der Waals surface area contributed by atoms with E-state index in [0.29, 0.717) is 5.56 Å². The van der Waals surface area contributed by atoms with Crippen molar-refractivity contribution in [2.45, 2.75) is 0 Å². The molecule has 0 radical (unpaired) electrons. The van der Waals surface area contributed by atoms with Crippen LogP contribution in [0.2, 0.25) is 0 Å². The van der Waals surface area contributed by atoms with E-state index < -0.39 is 5.24 Å². The zero-order valence-electron chi connectivity index (χ0n) is 5.68. The summed E-state index contributed by atoms with van der Waals surface area (Å²) in [7, 11) is 5.68. The molecule has 64 valence electrons. The summed E-state index contributed by atoms with van der Waals surface area (Å²) in [6.07, 6.45) is 0. The molecule has 0 unspecified atom stereocenters. The normalized spacial score (nSPS) is 9.92. The fourth-order valence-electron chi connectivity index (χ4n) is 0.722. The topological polar surface area (TPSA) is 17.1 Å². The Hall–Kier alpha value is 0.469. The third-order valence-corrected chi connectivity index (χ3v) is 3.86. The quantitative estimate of drug-likeness (QED) is 0.600. The van der Waals surface area contributed by atoms with Crippen molar-refractivity contribution in [3.05, 3.63) is 28.2 Å². The summed E-state index contributed by atoms with van der Waals surface area (Å²) < 4.78 is 1.71. The summed E-state index contributed by atoms with van der Waals surface area (Å²) in [5, 5.41) is -0.458. The number of rotatable bonds is 2. The minimum absolute atomic E-state index is 0.232. The molecule has 0 aliphatic carbocycles. The number of hydrogen-bond acceptors (Lipinski definition) is 1. The summed E-state index contributed by atoms with van der Waals surface area (Å²) in [5.41, 5.74) is 0.495. The average Bonchev–Trinajstić information content (AvgIpc) is 2.03. The third-order valence-electron chi connectivity index (χ3n) is 1.24. The maximum atomic E-state index is 10.8. The summed E-state index contributed by atoms with van der Waals surface area (Å²) >= 11 is 8.39. The van der Waals surface area contributed by atoms with Crippen molar-refractivity contribution in [3.63, 3.8) is 0 Å². The van der Waals surface area contributed by atoms with E-state index >= 15 is 0 Å². The molecular weight excluding hydrogens is 330 g/mol. The monoisotopic (exact) mass is 332 g/mol. The molecule has 0 fully saturated rings. The van der Waals surface area contributed by atoms with Crippen molar-refractivity contribution in [2.24, 2.45) is 0 Å². The van der Waals surface area contributed by atoms with Crippen LogP contribution < -0.4 is 4.46 Å². The van der Waals surface area contributed by atoms with Crippen molar-refractivity contribution >= 4 is 61.4 Å². The van der Waals surface area contributed by atoms with E-state index in [-0.39, 0.29) is 14.0 Å². The first kappa shape index (κ1) is 10.5. The Morgan fingerprint density at radius 1 is 1.50 bits per heavy atom. The molecule has 1 aromatic rings. The van der Waals surface area contributed by atoms with Crippen LogP contribution in [0.3, 0.4) is 0 Å². The Bertz CT molecular complexity index is 316. The van der Waals surface area contributed by atoms with Gasteiger partial charge in [0.15, 0.2) is 0 Å². The fourth-order valence-corrected chi connectivity index (χ4v) is 3.25. The fraction of sp³-hybridized carbons (Fsp3) is 0. The standard InChI is InChI=1S/C7H3BrCl2OSe/c8-4-1-2-5(7(9)11)6(3-4)12-10/h1-3H. The molecule has 0 aliphatic heterocycles. The van der Waals surface area contributed by atoms with Crippen LogP contribution in [0.1, 0.15) is 10.4 Å². The van der Waals surface area contributed by atoms with E-state index in [1.54, 1.807) is 12.1 Å². The Morgan fingerprint density at radius 3 is 2.67 bits per heavy atom. The molecule has 1 aromatic carbocycles. The molecule has 0 spiro atoms. The van der Waals surface area contributed by atoms with Gasteiger partial charge in [-0.15, -0.1) is 0 Å². The number of halogens is 3. The molecule has 12 heavy (non-hydrogen) atoms. The second kappa shape index (κ2) is 4.63. The molecule has 0 bridgehead atoms. The van der Waals surface area contributed by atoms with Crippen molar-refractivity contribution in [1.29, 1.82) is 0 Å². The van der Waals surface area contributed by atoms with Crippen LogP contribution in [-0.4, -0.2) is 19.3 Å². The molecule has 1 nitrogen and oxygen atoms in total. The van der Waals surface area contributed by atoms with Gasteiger partial charge in [-0.05, 0) is 0 Å². The molecule has 0 aromatic heterocycles. The predicted molar refractivity (Wildman–Crippen MR) is 55.6 cm³/mol. The molecular formula is C7H3BrCl2OSe. The van der Waals surface area contributed by atoms with Gasteiger partial charge in [-0.25, -0.2) is 0 Å². The van der Waals surface area contributed by atoms with Gasteiger partial charge in [0.25, 0.3) is 0 Å². The molecule has 0 saturated heterocycles. The van der Waals surface area contributed by atoms with Crippen LogP contribution >= 0.6 is 37.6 Å². The average molecular weight is 333 g/mol. The zero-order chi connectivity index (χ0) is 9.14. The predicted octanol–water partition coefficient (Wildman–Crippen LogP) is 2.31. The molecule has 0 amide bonds. The van der Waals surface area contributed by atoms with Crippen molar-refractivity contribution < 1.29 is 4.79 Å². The van der Waals surface area contributed by atoms with E-state index in [2.05, 4.69) is 15.9 Å². The maximum absolute atomic E-state index is 10.8. The van der Waals surface area contributed by atoms with E-state index in [0.717, 1.165) is 8.93 Å². The van der Waals surface area contributed by atoms with E-state index in [4.69, 9.17) is 21.7 Å². The second-order valence-corrected chi connectivity index (χ2v) is 5.30. The molecule has 0 heterocycles. The first-order valence-electron chi connectivity index (χ1n) is 2.93. The van der Waals surface area contributed by atoms with Crippen LogP contribution in [0, 0.1) is 0 Å². The van der Waals surface area contributed by atoms with Gasteiger partial charge in [-0.2, -0.15) is 0 Å². The first-order valence-corrected chi connectivity index (χ1v) is 7.21. The van der Waals surface area contributed by atoms with E-state index in [1.807, 2.05) is 6.07 Å². The van der Waals surface area contributed by atoms with Gasteiger partial charge >= 0.3 is 94.4 Å². The summed E-state index contributed by atoms with van der Waals surface area (Å²) in [6.45, 7) is 0. The Balaban J connectivity index is 3.20. The number of benzene rings is 1. The van der Waals surface area contributed by atoms with Crippen molar-refractivity contribution in [3.8, 4) is 0 Å². The summed E-state index contributed by atoms with van der Waals surface area (Å²) in [4.78, 5) is 10.8. The summed E-state index contributed by atoms with van der Waals surface area (Å²) in [6, 6.07) is 5.24. The minimum atomic E-state index is -0.458. The van der Waals surface area contributed by atoms with Crippen molar-refractivity contribution in [2.75, 3.05) is 0 Å². The van der Waals surface area contributed by atoms with Gasteiger partial charge in [0.05, 0.1) is 0 Å². The summed E-state index contributed by atoms with van der Waals surface area (Å²) in [5.74, 6) is 0. The molecule has 0 N–H and O–H groups in total. The van der Waals surface area contributed by atoms with Gasteiger partial charge in [-0.3, -0.25) is 0 Å². The van der Waals surface area contributed by atoms with Crippen molar-refractivity contribution in [1.82, 2.24) is 0 Å². The van der Waals surface area contributed by atoms with Crippen LogP contribution in [0.4, 0.5) is 0 Å². The van der Waals surface area contributed by atoms with Gasteiger partial charge in [-0.1, -0.05) is 0 Å².